The van der Waals surface area contributed by atoms with Gasteiger partial charge in [0.05, 0.1) is 11.6 Å². The molecule has 0 aliphatic carbocycles. The molecule has 19 heavy (non-hydrogen) atoms. The smallest absolute Gasteiger partial charge is 0.0995 e. The Kier molecular flexibility index (Phi) is 3.79. The van der Waals surface area contributed by atoms with Gasteiger partial charge in [-0.05, 0) is 11.6 Å². The van der Waals surface area contributed by atoms with Crippen LogP contribution in [0.4, 0.5) is 0 Å². The molecule has 0 amide bonds. The van der Waals surface area contributed by atoms with Crippen molar-refractivity contribution >= 4 is 0 Å². The topological polar surface area (TPSA) is 42.3 Å². The van der Waals surface area contributed by atoms with Crippen LogP contribution in [0.2, 0.25) is 0 Å². The SMILES string of the molecule is N#Cc1ccccc1CN1CCN(C2CNC2)CC1. The van der Waals surface area contributed by atoms with E-state index in [1.54, 1.807) is 0 Å². The molecule has 4 heteroatoms. The fourth-order valence-corrected chi connectivity index (χ4v) is 2.83. The van der Waals surface area contributed by atoms with Crippen molar-refractivity contribution in [1.82, 2.24) is 15.1 Å². The van der Waals surface area contributed by atoms with Crippen molar-refractivity contribution in [3.63, 3.8) is 0 Å². The summed E-state index contributed by atoms with van der Waals surface area (Å²) in [6, 6.07) is 11.0. The number of piperazine rings is 1. The lowest BCUT2D eigenvalue weighted by Gasteiger charge is -2.43. The maximum atomic E-state index is 9.12. The first-order valence-electron chi connectivity index (χ1n) is 7.02. The Balaban J connectivity index is 1.55. The van der Waals surface area contributed by atoms with Crippen LogP contribution in [0.5, 0.6) is 0 Å². The molecule has 2 heterocycles. The van der Waals surface area contributed by atoms with E-state index >= 15 is 0 Å². The maximum absolute atomic E-state index is 9.12. The van der Waals surface area contributed by atoms with E-state index in [2.05, 4.69) is 27.3 Å². The van der Waals surface area contributed by atoms with E-state index in [1.807, 2.05) is 18.2 Å². The number of hydrogen-bond acceptors (Lipinski definition) is 4. The zero-order valence-corrected chi connectivity index (χ0v) is 11.2. The minimum atomic E-state index is 0.758. The first-order valence-corrected chi connectivity index (χ1v) is 7.02. The third-order valence-corrected chi connectivity index (χ3v) is 4.21. The third kappa shape index (κ3) is 2.79. The zero-order chi connectivity index (χ0) is 13.1. The molecule has 2 saturated heterocycles. The van der Waals surface area contributed by atoms with Gasteiger partial charge in [-0.3, -0.25) is 9.80 Å². The summed E-state index contributed by atoms with van der Waals surface area (Å²) in [6.45, 7) is 7.73. The number of rotatable bonds is 3. The summed E-state index contributed by atoms with van der Waals surface area (Å²) in [6.07, 6.45) is 0. The molecule has 100 valence electrons. The van der Waals surface area contributed by atoms with Crippen LogP contribution in [0.3, 0.4) is 0 Å². The second kappa shape index (κ2) is 5.70. The van der Waals surface area contributed by atoms with Gasteiger partial charge in [0.25, 0.3) is 0 Å². The Morgan fingerprint density at radius 2 is 1.89 bits per heavy atom. The molecule has 0 unspecified atom stereocenters. The molecular formula is C15H20N4. The first kappa shape index (κ1) is 12.6. The third-order valence-electron chi connectivity index (χ3n) is 4.21. The van der Waals surface area contributed by atoms with Crippen molar-refractivity contribution in [2.75, 3.05) is 39.3 Å². The lowest BCUT2D eigenvalue weighted by Crippen LogP contribution is -2.61. The molecule has 0 radical (unpaired) electrons. The predicted molar refractivity (Wildman–Crippen MR) is 74.7 cm³/mol. The summed E-state index contributed by atoms with van der Waals surface area (Å²) < 4.78 is 0. The van der Waals surface area contributed by atoms with Gasteiger partial charge in [0.2, 0.25) is 0 Å². The standard InChI is InChI=1S/C15H20N4/c16-9-13-3-1-2-4-14(13)12-18-5-7-19(8-6-18)15-10-17-11-15/h1-4,15,17H,5-8,10-12H2. The van der Waals surface area contributed by atoms with Crippen molar-refractivity contribution in [3.8, 4) is 6.07 Å². The van der Waals surface area contributed by atoms with E-state index in [-0.39, 0.29) is 0 Å². The average Bonchev–Trinajstić information content (AvgIpc) is 2.40. The summed E-state index contributed by atoms with van der Waals surface area (Å²) in [5.74, 6) is 0. The number of nitriles is 1. The zero-order valence-electron chi connectivity index (χ0n) is 11.2. The van der Waals surface area contributed by atoms with Gasteiger partial charge < -0.3 is 5.32 Å². The Hall–Kier alpha value is -1.41. The van der Waals surface area contributed by atoms with Gasteiger partial charge in [0, 0.05) is 51.9 Å². The fourth-order valence-electron chi connectivity index (χ4n) is 2.83. The molecule has 2 aliphatic heterocycles. The molecule has 1 aromatic rings. The molecule has 2 fully saturated rings. The number of benzene rings is 1. The highest BCUT2D eigenvalue weighted by Gasteiger charge is 2.27. The quantitative estimate of drug-likeness (QED) is 0.862. The molecule has 0 saturated carbocycles. The normalized spacial score (nSPS) is 21.8. The Bertz CT molecular complexity index is 467. The van der Waals surface area contributed by atoms with Crippen LogP contribution in [-0.4, -0.2) is 55.1 Å². The molecule has 1 N–H and O–H groups in total. The minimum Gasteiger partial charge on any atom is -0.314 e. The van der Waals surface area contributed by atoms with Gasteiger partial charge in [0.15, 0.2) is 0 Å². The van der Waals surface area contributed by atoms with Gasteiger partial charge in [0.1, 0.15) is 0 Å². The summed E-state index contributed by atoms with van der Waals surface area (Å²) >= 11 is 0. The van der Waals surface area contributed by atoms with E-state index < -0.39 is 0 Å². The molecule has 3 rings (SSSR count). The van der Waals surface area contributed by atoms with E-state index in [4.69, 9.17) is 5.26 Å². The van der Waals surface area contributed by atoms with Crippen molar-refractivity contribution in [2.45, 2.75) is 12.6 Å². The Morgan fingerprint density at radius 1 is 1.16 bits per heavy atom. The molecule has 2 aliphatic rings. The van der Waals surface area contributed by atoms with Gasteiger partial charge in [-0.1, -0.05) is 18.2 Å². The van der Waals surface area contributed by atoms with Gasteiger partial charge in [-0.25, -0.2) is 0 Å². The highest BCUT2D eigenvalue weighted by Crippen LogP contribution is 2.14. The van der Waals surface area contributed by atoms with Gasteiger partial charge in [-0.2, -0.15) is 5.26 Å². The lowest BCUT2D eigenvalue weighted by molar-refractivity contribution is 0.0695. The number of hydrogen-bond donors (Lipinski definition) is 1. The number of nitrogens with one attached hydrogen (secondary N) is 1. The van der Waals surface area contributed by atoms with Crippen molar-refractivity contribution < 1.29 is 0 Å². The molecule has 0 bridgehead atoms. The van der Waals surface area contributed by atoms with E-state index in [9.17, 15) is 0 Å². The second-order valence-electron chi connectivity index (χ2n) is 5.39. The van der Waals surface area contributed by atoms with E-state index in [0.717, 1.165) is 63.0 Å². The summed E-state index contributed by atoms with van der Waals surface area (Å²) in [5.41, 5.74) is 1.97. The van der Waals surface area contributed by atoms with E-state index in [0.29, 0.717) is 0 Å². The van der Waals surface area contributed by atoms with Crippen LogP contribution in [-0.2, 0) is 6.54 Å². The highest BCUT2D eigenvalue weighted by atomic mass is 15.3. The van der Waals surface area contributed by atoms with Crippen LogP contribution >= 0.6 is 0 Å². The molecule has 1 aromatic carbocycles. The van der Waals surface area contributed by atoms with Gasteiger partial charge >= 0.3 is 0 Å². The summed E-state index contributed by atoms with van der Waals surface area (Å²) in [7, 11) is 0. The summed E-state index contributed by atoms with van der Waals surface area (Å²) in [5, 5.41) is 12.5. The lowest BCUT2D eigenvalue weighted by atomic mass is 10.1. The minimum absolute atomic E-state index is 0.758. The van der Waals surface area contributed by atoms with Crippen LogP contribution in [0, 0.1) is 11.3 Å². The first-order chi connectivity index (χ1) is 9.36. The van der Waals surface area contributed by atoms with Crippen LogP contribution in [0.1, 0.15) is 11.1 Å². The molecule has 4 nitrogen and oxygen atoms in total. The second-order valence-corrected chi connectivity index (χ2v) is 5.39. The predicted octanol–water partition coefficient (Wildman–Crippen LogP) is 0.648. The molecule has 0 atom stereocenters. The summed E-state index contributed by atoms with van der Waals surface area (Å²) in [4.78, 5) is 5.04. The molecular weight excluding hydrogens is 236 g/mol. The van der Waals surface area contributed by atoms with Crippen molar-refractivity contribution in [2.24, 2.45) is 0 Å². The molecule has 0 aromatic heterocycles. The van der Waals surface area contributed by atoms with E-state index in [1.165, 1.54) is 0 Å². The van der Waals surface area contributed by atoms with Crippen molar-refractivity contribution in [1.29, 1.82) is 5.26 Å². The maximum Gasteiger partial charge on any atom is 0.0995 e. The van der Waals surface area contributed by atoms with Crippen LogP contribution in [0.25, 0.3) is 0 Å². The molecule has 0 spiro atoms. The van der Waals surface area contributed by atoms with Gasteiger partial charge in [-0.15, -0.1) is 0 Å². The Labute approximate surface area is 114 Å². The monoisotopic (exact) mass is 256 g/mol. The highest BCUT2D eigenvalue weighted by molar-refractivity contribution is 5.37. The fraction of sp³-hybridized carbons (Fsp3) is 0.533. The van der Waals surface area contributed by atoms with Crippen LogP contribution in [0.15, 0.2) is 24.3 Å². The largest absolute Gasteiger partial charge is 0.314 e. The van der Waals surface area contributed by atoms with Crippen LogP contribution < -0.4 is 5.32 Å². The average molecular weight is 256 g/mol. The number of nitrogens with zero attached hydrogens (tertiary/aromatic N) is 3. The van der Waals surface area contributed by atoms with Crippen molar-refractivity contribution in [3.05, 3.63) is 35.4 Å². The Morgan fingerprint density at radius 3 is 2.53 bits per heavy atom.